The first-order chi connectivity index (χ1) is 13.7. The number of fused-ring (bicyclic) bond motifs is 1. The molecule has 0 saturated heterocycles. The molecule has 0 heterocycles. The van der Waals surface area contributed by atoms with Crippen molar-refractivity contribution in [2.24, 2.45) is 0 Å². The van der Waals surface area contributed by atoms with Crippen LogP contribution in [0.1, 0.15) is 10.4 Å². The summed E-state index contributed by atoms with van der Waals surface area (Å²) in [5, 5.41) is 2.11. The van der Waals surface area contributed by atoms with Crippen molar-refractivity contribution in [3.63, 3.8) is 0 Å². The van der Waals surface area contributed by atoms with Crippen LogP contribution >= 0.6 is 0 Å². The third-order valence-corrected chi connectivity index (χ3v) is 3.89. The minimum absolute atomic E-state index is 0.229. The number of hydrogen-bond acceptors (Lipinski definition) is 4. The lowest BCUT2D eigenvalue weighted by atomic mass is 10.1. The van der Waals surface area contributed by atoms with Crippen LogP contribution in [0.5, 0.6) is 11.5 Å². The van der Waals surface area contributed by atoms with Crippen LogP contribution in [-0.4, -0.2) is 25.0 Å². The third kappa shape index (κ3) is 4.88. The van der Waals surface area contributed by atoms with Crippen LogP contribution in [0.25, 0.3) is 10.8 Å². The van der Waals surface area contributed by atoms with Crippen LogP contribution in [0.15, 0.2) is 79.4 Å². The molecule has 2 N–H and O–H groups in total. The van der Waals surface area contributed by atoms with E-state index in [1.54, 1.807) is 36.4 Å². The number of para-hydroxylation sites is 1. The molecule has 0 radical (unpaired) electrons. The lowest BCUT2D eigenvalue weighted by molar-refractivity contribution is -0.123. The highest BCUT2D eigenvalue weighted by Gasteiger charge is 2.13. The average Bonchev–Trinajstić information content (AvgIpc) is 2.74. The molecule has 0 spiro atoms. The Labute approximate surface area is 162 Å². The van der Waals surface area contributed by atoms with Crippen molar-refractivity contribution in [3.8, 4) is 11.5 Å². The number of amides is 2. The van der Waals surface area contributed by atoms with E-state index in [2.05, 4.69) is 17.4 Å². The van der Waals surface area contributed by atoms with E-state index in [1.807, 2.05) is 36.4 Å². The van der Waals surface area contributed by atoms with E-state index >= 15 is 0 Å². The first-order valence-corrected chi connectivity index (χ1v) is 8.71. The molecular formula is C22H20N2O4. The number of carbonyl (C=O) groups is 2. The maximum atomic E-state index is 12.3. The van der Waals surface area contributed by atoms with Gasteiger partial charge in [0.1, 0.15) is 18.1 Å². The fourth-order valence-electron chi connectivity index (χ4n) is 2.56. The fraction of sp³-hybridized carbons (Fsp3) is 0.0909. The van der Waals surface area contributed by atoms with Crippen LogP contribution in [0.2, 0.25) is 0 Å². The number of nitrogens with one attached hydrogen (secondary N) is 2. The molecule has 2 amide bonds. The summed E-state index contributed by atoms with van der Waals surface area (Å²) in [6.07, 6.45) is 1.58. The predicted molar refractivity (Wildman–Crippen MR) is 107 cm³/mol. The van der Waals surface area contributed by atoms with Crippen molar-refractivity contribution in [2.75, 3.05) is 13.2 Å². The molecule has 0 aliphatic rings. The zero-order valence-corrected chi connectivity index (χ0v) is 15.2. The Morgan fingerprint density at radius 2 is 1.64 bits per heavy atom. The third-order valence-electron chi connectivity index (χ3n) is 3.89. The predicted octanol–water partition coefficient (Wildman–Crippen LogP) is 3.24. The molecule has 142 valence electrons. The minimum atomic E-state index is -0.487. The number of benzene rings is 3. The molecule has 3 aromatic carbocycles. The van der Waals surface area contributed by atoms with Gasteiger partial charge < -0.3 is 9.47 Å². The SMILES string of the molecule is C=CCOc1ccccc1C(=O)NNC(=O)COc1ccc2ccccc2c1. The smallest absolute Gasteiger partial charge is 0.276 e. The van der Waals surface area contributed by atoms with E-state index in [9.17, 15) is 9.59 Å². The molecule has 0 saturated carbocycles. The number of ether oxygens (including phenoxy) is 2. The highest BCUT2D eigenvalue weighted by Crippen LogP contribution is 2.20. The molecule has 0 atom stereocenters. The van der Waals surface area contributed by atoms with Gasteiger partial charge in [0.15, 0.2) is 6.61 Å². The maximum absolute atomic E-state index is 12.3. The molecule has 6 heteroatoms. The van der Waals surface area contributed by atoms with Crippen LogP contribution in [0, 0.1) is 0 Å². The molecule has 3 rings (SSSR count). The van der Waals surface area contributed by atoms with Crippen LogP contribution in [0.4, 0.5) is 0 Å². The zero-order chi connectivity index (χ0) is 19.8. The molecular weight excluding hydrogens is 356 g/mol. The van der Waals surface area contributed by atoms with E-state index in [4.69, 9.17) is 9.47 Å². The van der Waals surface area contributed by atoms with Gasteiger partial charge in [-0.15, -0.1) is 0 Å². The van der Waals surface area contributed by atoms with Gasteiger partial charge in [-0.05, 0) is 35.0 Å². The van der Waals surface area contributed by atoms with Gasteiger partial charge >= 0.3 is 0 Å². The number of carbonyl (C=O) groups excluding carboxylic acids is 2. The van der Waals surface area contributed by atoms with Gasteiger partial charge in [-0.3, -0.25) is 20.4 Å². The summed E-state index contributed by atoms with van der Waals surface area (Å²) in [5.41, 5.74) is 5.00. The molecule has 3 aromatic rings. The first kappa shape index (κ1) is 19.0. The second-order valence-electron chi connectivity index (χ2n) is 5.90. The Kier molecular flexibility index (Phi) is 6.25. The second kappa shape index (κ2) is 9.23. The van der Waals surface area contributed by atoms with E-state index in [0.29, 0.717) is 17.1 Å². The standard InChI is InChI=1S/C22H20N2O4/c1-2-13-27-20-10-6-5-9-19(20)22(26)24-23-21(25)15-28-18-12-11-16-7-3-4-8-17(16)14-18/h2-12,14H,1,13,15H2,(H,23,25)(H,24,26). The summed E-state index contributed by atoms with van der Waals surface area (Å²) >= 11 is 0. The largest absolute Gasteiger partial charge is 0.489 e. The van der Waals surface area contributed by atoms with Crippen molar-refractivity contribution in [3.05, 3.63) is 84.9 Å². The van der Waals surface area contributed by atoms with Gasteiger partial charge in [0, 0.05) is 0 Å². The van der Waals surface area contributed by atoms with Gasteiger partial charge in [0.05, 0.1) is 5.56 Å². The lowest BCUT2D eigenvalue weighted by Gasteiger charge is -2.12. The van der Waals surface area contributed by atoms with Crippen LogP contribution < -0.4 is 20.3 Å². The summed E-state index contributed by atoms with van der Waals surface area (Å²) in [5.74, 6) is 0.00891. The summed E-state index contributed by atoms with van der Waals surface area (Å²) in [6.45, 7) is 3.62. The molecule has 0 aliphatic carbocycles. The Bertz CT molecular complexity index is 1000. The zero-order valence-electron chi connectivity index (χ0n) is 15.2. The van der Waals surface area contributed by atoms with Gasteiger partial charge in [0.2, 0.25) is 0 Å². The van der Waals surface area contributed by atoms with Gasteiger partial charge in [-0.2, -0.15) is 0 Å². The summed E-state index contributed by atoms with van der Waals surface area (Å²) in [6, 6.07) is 20.2. The maximum Gasteiger partial charge on any atom is 0.276 e. The Hall–Kier alpha value is -3.80. The highest BCUT2D eigenvalue weighted by molar-refractivity contribution is 5.98. The van der Waals surface area contributed by atoms with Gasteiger partial charge in [-0.25, -0.2) is 0 Å². The van der Waals surface area contributed by atoms with Crippen molar-refractivity contribution >= 4 is 22.6 Å². The summed E-state index contributed by atoms with van der Waals surface area (Å²) in [4.78, 5) is 24.3. The monoisotopic (exact) mass is 376 g/mol. The van der Waals surface area contributed by atoms with E-state index < -0.39 is 11.8 Å². The van der Waals surface area contributed by atoms with Crippen molar-refractivity contribution in [2.45, 2.75) is 0 Å². The van der Waals surface area contributed by atoms with Crippen molar-refractivity contribution < 1.29 is 19.1 Å². The molecule has 28 heavy (non-hydrogen) atoms. The van der Waals surface area contributed by atoms with E-state index in [1.165, 1.54) is 0 Å². The Morgan fingerprint density at radius 3 is 2.46 bits per heavy atom. The van der Waals surface area contributed by atoms with E-state index in [0.717, 1.165) is 10.8 Å². The molecule has 6 nitrogen and oxygen atoms in total. The minimum Gasteiger partial charge on any atom is -0.489 e. The van der Waals surface area contributed by atoms with Gasteiger partial charge in [0.25, 0.3) is 11.8 Å². The summed E-state index contributed by atoms with van der Waals surface area (Å²) in [7, 11) is 0. The normalized spacial score (nSPS) is 10.1. The van der Waals surface area contributed by atoms with Crippen molar-refractivity contribution in [1.82, 2.24) is 10.9 Å². The first-order valence-electron chi connectivity index (χ1n) is 8.71. The van der Waals surface area contributed by atoms with E-state index in [-0.39, 0.29) is 13.2 Å². The highest BCUT2D eigenvalue weighted by atomic mass is 16.5. The average molecular weight is 376 g/mol. The van der Waals surface area contributed by atoms with Crippen LogP contribution in [-0.2, 0) is 4.79 Å². The quantitative estimate of drug-likeness (QED) is 0.490. The topological polar surface area (TPSA) is 76.7 Å². The molecule has 0 aromatic heterocycles. The Morgan fingerprint density at radius 1 is 0.893 bits per heavy atom. The lowest BCUT2D eigenvalue weighted by Crippen LogP contribution is -2.43. The summed E-state index contributed by atoms with van der Waals surface area (Å²) < 4.78 is 10.9. The second-order valence-corrected chi connectivity index (χ2v) is 5.90. The van der Waals surface area contributed by atoms with Crippen LogP contribution in [0.3, 0.4) is 0 Å². The molecule has 0 fully saturated rings. The number of hydrogen-bond donors (Lipinski definition) is 2. The molecule has 0 unspecified atom stereocenters. The Balaban J connectivity index is 1.52. The molecule has 0 aliphatic heterocycles. The van der Waals surface area contributed by atoms with Gasteiger partial charge in [-0.1, -0.05) is 55.1 Å². The number of hydrazine groups is 1. The fourth-order valence-corrected chi connectivity index (χ4v) is 2.56. The number of rotatable bonds is 7. The van der Waals surface area contributed by atoms with Crippen molar-refractivity contribution in [1.29, 1.82) is 0 Å². The molecule has 0 bridgehead atoms.